The number of rotatable bonds is 1. The average molecular weight is 215 g/mol. The lowest BCUT2D eigenvalue weighted by Gasteiger charge is -2.22. The Kier molecular flexibility index (Phi) is 2.43. The zero-order valence-corrected chi connectivity index (χ0v) is 9.46. The number of hydrogen-bond donors (Lipinski definition) is 1. The summed E-state index contributed by atoms with van der Waals surface area (Å²) in [6.07, 6.45) is 6.64. The predicted octanol–water partition coefficient (Wildman–Crippen LogP) is 2.98. The van der Waals surface area contributed by atoms with Crippen molar-refractivity contribution >= 4 is 5.91 Å². The van der Waals surface area contributed by atoms with Crippen molar-refractivity contribution in [2.24, 2.45) is 0 Å². The van der Waals surface area contributed by atoms with Crippen LogP contribution in [0.4, 0.5) is 0 Å². The fourth-order valence-corrected chi connectivity index (χ4v) is 2.92. The Bertz CT molecular complexity index is 419. The van der Waals surface area contributed by atoms with Crippen LogP contribution < -0.4 is 5.32 Å². The van der Waals surface area contributed by atoms with Gasteiger partial charge in [-0.05, 0) is 36.0 Å². The Morgan fingerprint density at radius 2 is 1.94 bits per heavy atom. The molecule has 1 saturated carbocycles. The molecule has 1 aliphatic carbocycles. The third kappa shape index (κ3) is 1.62. The van der Waals surface area contributed by atoms with Gasteiger partial charge in [-0.15, -0.1) is 0 Å². The first kappa shape index (κ1) is 9.88. The van der Waals surface area contributed by atoms with Crippen molar-refractivity contribution < 1.29 is 4.79 Å². The zero-order chi connectivity index (χ0) is 11.0. The summed E-state index contributed by atoms with van der Waals surface area (Å²) in [6, 6.07) is 6.46. The molecule has 1 fully saturated rings. The fourth-order valence-electron chi connectivity index (χ4n) is 2.92. The molecule has 0 spiro atoms. The van der Waals surface area contributed by atoms with Gasteiger partial charge in [0.05, 0.1) is 0 Å². The Labute approximate surface area is 96.1 Å². The average Bonchev–Trinajstić information content (AvgIpc) is 2.72. The van der Waals surface area contributed by atoms with Gasteiger partial charge < -0.3 is 5.32 Å². The van der Waals surface area contributed by atoms with E-state index >= 15 is 0 Å². The summed E-state index contributed by atoms with van der Waals surface area (Å²) in [5.74, 6) is 0.792. The molecular weight excluding hydrogens is 198 g/mol. The molecule has 2 heteroatoms. The summed E-state index contributed by atoms with van der Waals surface area (Å²) < 4.78 is 0. The normalized spacial score (nSPS) is 20.6. The van der Waals surface area contributed by atoms with E-state index in [2.05, 4.69) is 23.5 Å². The van der Waals surface area contributed by atoms with Gasteiger partial charge in [0.25, 0.3) is 5.91 Å². The minimum Gasteiger partial charge on any atom is -0.348 e. The maximum Gasteiger partial charge on any atom is 0.251 e. The molecule has 84 valence electrons. The first-order chi connectivity index (χ1) is 7.84. The zero-order valence-electron chi connectivity index (χ0n) is 9.46. The van der Waals surface area contributed by atoms with Gasteiger partial charge in [-0.25, -0.2) is 0 Å². The number of hydrogen-bond acceptors (Lipinski definition) is 1. The number of benzene rings is 1. The van der Waals surface area contributed by atoms with Crippen LogP contribution in [0.25, 0.3) is 0 Å². The van der Waals surface area contributed by atoms with Gasteiger partial charge in [0.15, 0.2) is 0 Å². The summed E-state index contributed by atoms with van der Waals surface area (Å²) in [5.41, 5.74) is 3.43. The maximum atomic E-state index is 11.6. The van der Waals surface area contributed by atoms with Crippen LogP contribution in [0.3, 0.4) is 0 Å². The van der Waals surface area contributed by atoms with Gasteiger partial charge in [0.1, 0.15) is 0 Å². The summed E-state index contributed by atoms with van der Waals surface area (Å²) >= 11 is 0. The monoisotopic (exact) mass is 215 g/mol. The molecule has 0 bridgehead atoms. The van der Waals surface area contributed by atoms with Crippen molar-refractivity contribution in [1.29, 1.82) is 0 Å². The number of amides is 1. The highest BCUT2D eigenvalue weighted by molar-refractivity contribution is 5.98. The van der Waals surface area contributed by atoms with Gasteiger partial charge in [-0.1, -0.05) is 31.4 Å². The quantitative estimate of drug-likeness (QED) is 0.766. The lowest BCUT2D eigenvalue weighted by Crippen LogP contribution is -2.12. The van der Waals surface area contributed by atoms with Crippen LogP contribution >= 0.6 is 0 Å². The van der Waals surface area contributed by atoms with E-state index in [-0.39, 0.29) is 5.91 Å². The third-order valence-corrected chi connectivity index (χ3v) is 3.89. The molecule has 3 rings (SSSR count). The van der Waals surface area contributed by atoms with E-state index in [0.717, 1.165) is 11.1 Å². The topological polar surface area (TPSA) is 29.1 Å². The van der Waals surface area contributed by atoms with Gasteiger partial charge in [0, 0.05) is 12.1 Å². The van der Waals surface area contributed by atoms with Gasteiger partial charge in [-0.3, -0.25) is 4.79 Å². The van der Waals surface area contributed by atoms with Crippen LogP contribution in [-0.4, -0.2) is 5.91 Å². The van der Waals surface area contributed by atoms with Crippen molar-refractivity contribution in [1.82, 2.24) is 5.32 Å². The smallest absolute Gasteiger partial charge is 0.251 e. The van der Waals surface area contributed by atoms with Gasteiger partial charge in [0.2, 0.25) is 0 Å². The van der Waals surface area contributed by atoms with Crippen molar-refractivity contribution in [3.8, 4) is 0 Å². The number of fused-ring (bicyclic) bond motifs is 1. The van der Waals surface area contributed by atoms with E-state index in [9.17, 15) is 4.79 Å². The molecule has 0 unspecified atom stereocenters. The molecule has 1 amide bonds. The molecule has 1 N–H and O–H groups in total. The van der Waals surface area contributed by atoms with Crippen LogP contribution in [0.5, 0.6) is 0 Å². The molecule has 0 aromatic heterocycles. The number of nitrogens with one attached hydrogen (secondary N) is 1. The van der Waals surface area contributed by atoms with E-state index in [1.165, 1.54) is 37.7 Å². The lowest BCUT2D eigenvalue weighted by molar-refractivity contribution is 0.0965. The SMILES string of the molecule is O=C1NCc2ccc(C3CCCCC3)cc21. The molecule has 0 atom stereocenters. The van der Waals surface area contributed by atoms with Crippen LogP contribution in [0, 0.1) is 0 Å². The number of carbonyl (C=O) groups is 1. The van der Waals surface area contributed by atoms with E-state index < -0.39 is 0 Å². The molecule has 16 heavy (non-hydrogen) atoms. The van der Waals surface area contributed by atoms with E-state index in [4.69, 9.17) is 0 Å². The highest BCUT2D eigenvalue weighted by Gasteiger charge is 2.22. The largest absolute Gasteiger partial charge is 0.348 e. The highest BCUT2D eigenvalue weighted by atomic mass is 16.1. The van der Waals surface area contributed by atoms with Gasteiger partial charge >= 0.3 is 0 Å². The second kappa shape index (κ2) is 3.93. The minimum atomic E-state index is 0.104. The summed E-state index contributed by atoms with van der Waals surface area (Å²) in [6.45, 7) is 0.707. The molecular formula is C14H17NO. The minimum absolute atomic E-state index is 0.104. The Morgan fingerprint density at radius 1 is 1.12 bits per heavy atom. The highest BCUT2D eigenvalue weighted by Crippen LogP contribution is 2.33. The van der Waals surface area contributed by atoms with E-state index in [1.807, 2.05) is 0 Å². The molecule has 1 aromatic rings. The summed E-state index contributed by atoms with van der Waals surface area (Å²) in [7, 11) is 0. The van der Waals surface area contributed by atoms with Crippen LogP contribution in [0.15, 0.2) is 18.2 Å². The number of carbonyl (C=O) groups excluding carboxylic acids is 1. The second-order valence-electron chi connectivity index (χ2n) is 4.93. The van der Waals surface area contributed by atoms with Crippen LogP contribution in [-0.2, 0) is 6.54 Å². The molecule has 2 aliphatic rings. The molecule has 2 nitrogen and oxygen atoms in total. The summed E-state index contributed by atoms with van der Waals surface area (Å²) in [4.78, 5) is 11.6. The second-order valence-corrected chi connectivity index (χ2v) is 4.93. The van der Waals surface area contributed by atoms with E-state index in [0.29, 0.717) is 12.5 Å². The predicted molar refractivity (Wildman–Crippen MR) is 63.4 cm³/mol. The molecule has 0 saturated heterocycles. The fraction of sp³-hybridized carbons (Fsp3) is 0.500. The van der Waals surface area contributed by atoms with Gasteiger partial charge in [-0.2, -0.15) is 0 Å². The van der Waals surface area contributed by atoms with E-state index in [1.54, 1.807) is 0 Å². The Morgan fingerprint density at radius 3 is 2.75 bits per heavy atom. The molecule has 1 heterocycles. The third-order valence-electron chi connectivity index (χ3n) is 3.89. The van der Waals surface area contributed by atoms with Crippen molar-refractivity contribution in [3.63, 3.8) is 0 Å². The molecule has 1 aliphatic heterocycles. The Hall–Kier alpha value is -1.31. The lowest BCUT2D eigenvalue weighted by atomic mass is 9.83. The van der Waals surface area contributed by atoms with Crippen molar-refractivity contribution in [2.45, 2.75) is 44.6 Å². The van der Waals surface area contributed by atoms with Crippen LogP contribution in [0.2, 0.25) is 0 Å². The first-order valence-electron chi connectivity index (χ1n) is 6.25. The van der Waals surface area contributed by atoms with Crippen molar-refractivity contribution in [3.05, 3.63) is 34.9 Å². The molecule has 0 radical (unpaired) electrons. The van der Waals surface area contributed by atoms with Crippen LogP contribution in [0.1, 0.15) is 59.5 Å². The van der Waals surface area contributed by atoms with Crippen molar-refractivity contribution in [2.75, 3.05) is 0 Å². The first-order valence-corrected chi connectivity index (χ1v) is 6.25. The Balaban J connectivity index is 1.91. The summed E-state index contributed by atoms with van der Waals surface area (Å²) in [5, 5.41) is 2.88. The standard InChI is InChI=1S/C14H17NO/c16-14-13-8-11(6-7-12(13)9-15-14)10-4-2-1-3-5-10/h6-8,10H,1-5,9H2,(H,15,16). The molecule has 1 aromatic carbocycles. The maximum absolute atomic E-state index is 11.6.